The van der Waals surface area contributed by atoms with Crippen LogP contribution in [0, 0.1) is 0 Å². The highest BCUT2D eigenvalue weighted by molar-refractivity contribution is 5.30. The zero-order valence-electron chi connectivity index (χ0n) is 9.75. The molecule has 2 N–H and O–H groups in total. The minimum Gasteiger partial charge on any atom is -0.377 e. The van der Waals surface area contributed by atoms with Crippen LogP contribution in [0.2, 0.25) is 0 Å². The van der Waals surface area contributed by atoms with Crippen LogP contribution in [0.1, 0.15) is 12.0 Å². The zero-order valence-corrected chi connectivity index (χ0v) is 9.75. The van der Waals surface area contributed by atoms with Crippen molar-refractivity contribution >= 4 is 0 Å². The van der Waals surface area contributed by atoms with Crippen molar-refractivity contribution in [2.24, 2.45) is 5.73 Å². The molecular weight excluding hydrogens is 214 g/mol. The zero-order chi connectivity index (χ0) is 11.9. The molecule has 0 fully saturated rings. The quantitative estimate of drug-likeness (QED) is 0.770. The maximum Gasteiger partial charge on any atom is 0.0747 e. The number of nitrogens with two attached hydrogens (primary N) is 1. The van der Waals surface area contributed by atoms with Gasteiger partial charge in [0.25, 0.3) is 0 Å². The number of nitrogens with zero attached hydrogens (tertiary/aromatic N) is 2. The van der Waals surface area contributed by atoms with Crippen molar-refractivity contribution in [1.82, 2.24) is 9.78 Å². The van der Waals surface area contributed by atoms with Crippen molar-refractivity contribution in [3.8, 4) is 5.69 Å². The van der Waals surface area contributed by atoms with E-state index in [9.17, 15) is 0 Å². The highest BCUT2D eigenvalue weighted by Gasteiger charge is 2.00. The molecule has 1 heterocycles. The fourth-order valence-corrected chi connectivity index (χ4v) is 1.53. The highest BCUT2D eigenvalue weighted by Crippen LogP contribution is 2.08. The molecule has 0 radical (unpaired) electrons. The Morgan fingerprint density at radius 3 is 2.82 bits per heavy atom. The van der Waals surface area contributed by atoms with E-state index in [1.807, 2.05) is 47.4 Å². The lowest BCUT2D eigenvalue weighted by molar-refractivity contribution is 0.120. The molecule has 0 amide bonds. The van der Waals surface area contributed by atoms with Crippen LogP contribution >= 0.6 is 0 Å². The summed E-state index contributed by atoms with van der Waals surface area (Å²) >= 11 is 0. The molecule has 2 rings (SSSR count). The molecule has 0 aliphatic heterocycles. The lowest BCUT2D eigenvalue weighted by Gasteiger charge is -2.01. The summed E-state index contributed by atoms with van der Waals surface area (Å²) in [5, 5.41) is 4.30. The molecule has 0 unspecified atom stereocenters. The minimum atomic E-state index is 0.590. The lowest BCUT2D eigenvalue weighted by atomic mass is 10.3. The number of ether oxygens (including phenoxy) is 1. The summed E-state index contributed by atoms with van der Waals surface area (Å²) in [6, 6.07) is 10.0. The smallest absolute Gasteiger partial charge is 0.0747 e. The first kappa shape index (κ1) is 11.8. The van der Waals surface area contributed by atoms with Gasteiger partial charge in [-0.3, -0.25) is 0 Å². The lowest BCUT2D eigenvalue weighted by Crippen LogP contribution is -2.04. The van der Waals surface area contributed by atoms with Gasteiger partial charge in [-0.2, -0.15) is 5.10 Å². The van der Waals surface area contributed by atoms with Crippen molar-refractivity contribution in [2.75, 3.05) is 13.2 Å². The summed E-state index contributed by atoms with van der Waals surface area (Å²) in [6.07, 6.45) is 4.71. The molecule has 1 aromatic heterocycles. The van der Waals surface area contributed by atoms with E-state index in [1.165, 1.54) is 0 Å². The van der Waals surface area contributed by atoms with E-state index in [1.54, 1.807) is 0 Å². The fourth-order valence-electron chi connectivity index (χ4n) is 1.53. The molecule has 4 heteroatoms. The summed E-state index contributed by atoms with van der Waals surface area (Å²) in [7, 11) is 0. The van der Waals surface area contributed by atoms with Gasteiger partial charge in [-0.15, -0.1) is 0 Å². The van der Waals surface area contributed by atoms with Gasteiger partial charge in [0.05, 0.1) is 18.5 Å². The van der Waals surface area contributed by atoms with E-state index in [2.05, 4.69) is 5.10 Å². The van der Waals surface area contributed by atoms with Crippen molar-refractivity contribution < 1.29 is 4.74 Å². The Hall–Kier alpha value is -1.65. The third-order valence-corrected chi connectivity index (χ3v) is 2.42. The standard InChI is InChI=1S/C13H17N3O/c14-7-4-8-17-11-12-9-15-16(10-12)13-5-2-1-3-6-13/h1-3,5-6,9-10H,4,7-8,11,14H2. The molecule has 0 atom stereocenters. The van der Waals surface area contributed by atoms with E-state index in [-0.39, 0.29) is 0 Å². The molecule has 1 aromatic carbocycles. The van der Waals surface area contributed by atoms with Gasteiger partial charge < -0.3 is 10.5 Å². The Labute approximate surface area is 101 Å². The van der Waals surface area contributed by atoms with Gasteiger partial charge >= 0.3 is 0 Å². The monoisotopic (exact) mass is 231 g/mol. The van der Waals surface area contributed by atoms with Crippen molar-refractivity contribution in [3.63, 3.8) is 0 Å². The summed E-state index contributed by atoms with van der Waals surface area (Å²) in [6.45, 7) is 1.96. The van der Waals surface area contributed by atoms with Crippen molar-refractivity contribution in [1.29, 1.82) is 0 Å². The predicted octanol–water partition coefficient (Wildman–Crippen LogP) is 1.74. The van der Waals surface area contributed by atoms with E-state index in [4.69, 9.17) is 10.5 Å². The molecule has 0 aliphatic rings. The molecular formula is C13H17N3O. The van der Waals surface area contributed by atoms with Gasteiger partial charge in [-0.1, -0.05) is 18.2 Å². The van der Waals surface area contributed by atoms with Crippen molar-refractivity contribution in [2.45, 2.75) is 13.0 Å². The largest absolute Gasteiger partial charge is 0.377 e. The van der Waals surface area contributed by atoms with Gasteiger partial charge in [0, 0.05) is 18.4 Å². The van der Waals surface area contributed by atoms with E-state index < -0.39 is 0 Å². The molecule has 0 bridgehead atoms. The Bertz CT molecular complexity index is 439. The first-order chi connectivity index (χ1) is 8.40. The van der Waals surface area contributed by atoms with E-state index in [0.717, 1.165) is 17.7 Å². The highest BCUT2D eigenvalue weighted by atomic mass is 16.5. The average Bonchev–Trinajstić information content (AvgIpc) is 2.85. The predicted molar refractivity (Wildman–Crippen MR) is 66.9 cm³/mol. The molecule has 90 valence electrons. The first-order valence-electron chi connectivity index (χ1n) is 5.77. The van der Waals surface area contributed by atoms with Crippen molar-refractivity contribution in [3.05, 3.63) is 48.3 Å². The molecule has 0 saturated heterocycles. The Morgan fingerprint density at radius 2 is 2.06 bits per heavy atom. The Balaban J connectivity index is 1.92. The molecule has 0 saturated carbocycles. The maximum atomic E-state index is 5.48. The number of aromatic nitrogens is 2. The van der Waals surface area contributed by atoms with Crippen LogP contribution in [0.3, 0.4) is 0 Å². The second-order valence-corrected chi connectivity index (χ2v) is 3.82. The number of hydrogen-bond acceptors (Lipinski definition) is 3. The van der Waals surface area contributed by atoms with E-state index >= 15 is 0 Å². The van der Waals surface area contributed by atoms with Crippen LogP contribution in [0.15, 0.2) is 42.7 Å². The Kier molecular flexibility index (Phi) is 4.30. The number of rotatable bonds is 6. The average molecular weight is 231 g/mol. The molecule has 17 heavy (non-hydrogen) atoms. The number of hydrogen-bond donors (Lipinski definition) is 1. The topological polar surface area (TPSA) is 53.1 Å². The van der Waals surface area contributed by atoms with Gasteiger partial charge in [0.15, 0.2) is 0 Å². The first-order valence-corrected chi connectivity index (χ1v) is 5.77. The van der Waals surface area contributed by atoms with Crippen LogP contribution in [-0.2, 0) is 11.3 Å². The second-order valence-electron chi connectivity index (χ2n) is 3.82. The summed E-state index contributed by atoms with van der Waals surface area (Å²) in [5.41, 5.74) is 7.52. The molecule has 0 aliphatic carbocycles. The van der Waals surface area contributed by atoms with Crippen LogP contribution in [0.4, 0.5) is 0 Å². The fraction of sp³-hybridized carbons (Fsp3) is 0.308. The molecule has 2 aromatic rings. The van der Waals surface area contributed by atoms with Gasteiger partial charge in [-0.05, 0) is 25.1 Å². The van der Waals surface area contributed by atoms with Crippen LogP contribution < -0.4 is 5.73 Å². The van der Waals surface area contributed by atoms with Crippen LogP contribution in [0.25, 0.3) is 5.69 Å². The minimum absolute atomic E-state index is 0.590. The van der Waals surface area contributed by atoms with E-state index in [0.29, 0.717) is 19.8 Å². The maximum absolute atomic E-state index is 5.48. The number of para-hydroxylation sites is 1. The van der Waals surface area contributed by atoms with Gasteiger partial charge in [0.2, 0.25) is 0 Å². The summed E-state index contributed by atoms with van der Waals surface area (Å²) in [5.74, 6) is 0. The van der Waals surface area contributed by atoms with Crippen LogP contribution in [0.5, 0.6) is 0 Å². The summed E-state index contributed by atoms with van der Waals surface area (Å²) in [4.78, 5) is 0. The third kappa shape index (κ3) is 3.41. The number of benzene rings is 1. The normalized spacial score (nSPS) is 10.6. The van der Waals surface area contributed by atoms with Gasteiger partial charge in [-0.25, -0.2) is 4.68 Å². The molecule has 4 nitrogen and oxygen atoms in total. The summed E-state index contributed by atoms with van der Waals surface area (Å²) < 4.78 is 7.32. The Morgan fingerprint density at radius 1 is 1.24 bits per heavy atom. The van der Waals surface area contributed by atoms with Crippen LogP contribution in [-0.4, -0.2) is 22.9 Å². The second kappa shape index (κ2) is 6.18. The third-order valence-electron chi connectivity index (χ3n) is 2.42. The SMILES string of the molecule is NCCCOCc1cnn(-c2ccccc2)c1. The van der Waals surface area contributed by atoms with Gasteiger partial charge in [0.1, 0.15) is 0 Å². The molecule has 0 spiro atoms.